The molecule has 0 amide bonds. The summed E-state index contributed by atoms with van der Waals surface area (Å²) in [6.07, 6.45) is 2.83. The fraction of sp³-hybridized carbons (Fsp3) is 0.357. The molecule has 6 heteroatoms. The van der Waals surface area contributed by atoms with Gasteiger partial charge in [0.05, 0.1) is 11.9 Å². The number of aromatic nitrogens is 2. The van der Waals surface area contributed by atoms with Gasteiger partial charge in [0.1, 0.15) is 5.75 Å². The van der Waals surface area contributed by atoms with Gasteiger partial charge in [0.2, 0.25) is 0 Å². The summed E-state index contributed by atoms with van der Waals surface area (Å²) in [6.45, 7) is 0.952. The number of H-pyrrole nitrogens is 1. The number of benzene rings is 1. The summed E-state index contributed by atoms with van der Waals surface area (Å²) < 4.78 is 28.5. The van der Waals surface area contributed by atoms with Gasteiger partial charge in [0, 0.05) is 17.7 Å². The van der Waals surface area contributed by atoms with Crippen molar-refractivity contribution >= 4 is 0 Å². The van der Waals surface area contributed by atoms with Crippen LogP contribution in [0.15, 0.2) is 30.5 Å². The number of alkyl halides is 2. The molecule has 20 heavy (non-hydrogen) atoms. The smallest absolute Gasteiger partial charge is 0.387 e. The molecular formula is C14H17F2N3O. The van der Waals surface area contributed by atoms with Crippen molar-refractivity contribution in [2.45, 2.75) is 26.5 Å². The standard InChI is InChI=1S/C14H17F2N3O/c1-2-7-17-8-11-9-18-19-13(11)10-3-5-12(6-4-10)20-14(15)16/h3-6,9,14,17H,2,7-8H2,1H3,(H,18,19). The van der Waals surface area contributed by atoms with Crippen LogP contribution in [0.5, 0.6) is 5.75 Å². The lowest BCUT2D eigenvalue weighted by Crippen LogP contribution is -2.13. The van der Waals surface area contributed by atoms with E-state index in [0.717, 1.165) is 36.3 Å². The van der Waals surface area contributed by atoms with Crippen molar-refractivity contribution in [3.8, 4) is 17.0 Å². The van der Waals surface area contributed by atoms with Crippen LogP contribution in [0.2, 0.25) is 0 Å². The average molecular weight is 281 g/mol. The Balaban J connectivity index is 2.09. The molecule has 0 fully saturated rings. The second-order valence-corrected chi connectivity index (χ2v) is 4.35. The second-order valence-electron chi connectivity index (χ2n) is 4.35. The minimum atomic E-state index is -2.80. The van der Waals surface area contributed by atoms with Gasteiger partial charge in [-0.25, -0.2) is 0 Å². The second kappa shape index (κ2) is 7.00. The van der Waals surface area contributed by atoms with Crippen molar-refractivity contribution in [3.05, 3.63) is 36.0 Å². The third-order valence-electron chi connectivity index (χ3n) is 2.83. The van der Waals surface area contributed by atoms with Gasteiger partial charge in [-0.3, -0.25) is 5.10 Å². The number of ether oxygens (including phenoxy) is 1. The van der Waals surface area contributed by atoms with E-state index in [1.807, 2.05) is 0 Å². The highest BCUT2D eigenvalue weighted by Gasteiger charge is 2.09. The van der Waals surface area contributed by atoms with E-state index < -0.39 is 6.61 Å². The monoisotopic (exact) mass is 281 g/mol. The summed E-state index contributed by atoms with van der Waals surface area (Å²) >= 11 is 0. The van der Waals surface area contributed by atoms with E-state index in [9.17, 15) is 8.78 Å². The van der Waals surface area contributed by atoms with Gasteiger partial charge in [-0.1, -0.05) is 6.92 Å². The molecule has 0 saturated carbocycles. The van der Waals surface area contributed by atoms with Gasteiger partial charge >= 0.3 is 6.61 Å². The summed E-state index contributed by atoms with van der Waals surface area (Å²) in [5.41, 5.74) is 2.82. The minimum Gasteiger partial charge on any atom is -0.435 e. The molecule has 2 rings (SSSR count). The van der Waals surface area contributed by atoms with Gasteiger partial charge in [-0.2, -0.15) is 13.9 Å². The van der Waals surface area contributed by atoms with Crippen LogP contribution < -0.4 is 10.1 Å². The molecule has 1 aromatic carbocycles. The molecule has 0 radical (unpaired) electrons. The molecule has 0 aliphatic rings. The lowest BCUT2D eigenvalue weighted by molar-refractivity contribution is -0.0498. The number of hydrogen-bond acceptors (Lipinski definition) is 3. The minimum absolute atomic E-state index is 0.147. The number of aromatic amines is 1. The summed E-state index contributed by atoms with van der Waals surface area (Å²) in [7, 11) is 0. The number of hydrogen-bond donors (Lipinski definition) is 2. The van der Waals surface area contributed by atoms with Crippen LogP contribution in [-0.4, -0.2) is 23.4 Å². The first-order chi connectivity index (χ1) is 9.70. The Labute approximate surface area is 116 Å². The topological polar surface area (TPSA) is 49.9 Å². The first kappa shape index (κ1) is 14.5. The Morgan fingerprint density at radius 2 is 2.05 bits per heavy atom. The number of nitrogens with one attached hydrogen (secondary N) is 2. The third kappa shape index (κ3) is 3.77. The van der Waals surface area contributed by atoms with Crippen LogP contribution in [0.25, 0.3) is 11.3 Å². The zero-order valence-electron chi connectivity index (χ0n) is 11.2. The first-order valence-corrected chi connectivity index (χ1v) is 6.49. The molecule has 0 saturated heterocycles. The van der Waals surface area contributed by atoms with Crippen LogP contribution in [0.1, 0.15) is 18.9 Å². The average Bonchev–Trinajstić information content (AvgIpc) is 2.88. The predicted molar refractivity (Wildman–Crippen MR) is 72.7 cm³/mol. The molecule has 0 unspecified atom stereocenters. The van der Waals surface area contributed by atoms with E-state index in [1.165, 1.54) is 12.1 Å². The van der Waals surface area contributed by atoms with E-state index in [2.05, 4.69) is 27.2 Å². The molecule has 2 aromatic rings. The van der Waals surface area contributed by atoms with Gasteiger partial charge in [0.25, 0.3) is 0 Å². The van der Waals surface area contributed by atoms with Crippen molar-refractivity contribution in [3.63, 3.8) is 0 Å². The van der Waals surface area contributed by atoms with Crippen LogP contribution in [0.3, 0.4) is 0 Å². The zero-order chi connectivity index (χ0) is 14.4. The third-order valence-corrected chi connectivity index (χ3v) is 2.83. The largest absolute Gasteiger partial charge is 0.435 e. The molecule has 4 nitrogen and oxygen atoms in total. The highest BCUT2D eigenvalue weighted by Crippen LogP contribution is 2.24. The van der Waals surface area contributed by atoms with Crippen molar-refractivity contribution in [1.82, 2.24) is 15.5 Å². The van der Waals surface area contributed by atoms with E-state index in [0.29, 0.717) is 0 Å². The molecule has 0 bridgehead atoms. The molecule has 0 aliphatic heterocycles. The van der Waals surface area contributed by atoms with Crippen molar-refractivity contribution in [2.24, 2.45) is 0 Å². The quantitative estimate of drug-likeness (QED) is 0.766. The Hall–Kier alpha value is -1.95. The lowest BCUT2D eigenvalue weighted by Gasteiger charge is -2.07. The maximum absolute atomic E-state index is 12.1. The summed E-state index contributed by atoms with van der Waals surface area (Å²) in [5.74, 6) is 0.147. The Morgan fingerprint density at radius 1 is 1.30 bits per heavy atom. The molecule has 1 heterocycles. The fourth-order valence-corrected chi connectivity index (χ4v) is 1.90. The molecule has 0 aliphatic carbocycles. The summed E-state index contributed by atoms with van der Waals surface area (Å²) in [4.78, 5) is 0. The zero-order valence-corrected chi connectivity index (χ0v) is 11.2. The Morgan fingerprint density at radius 3 is 2.70 bits per heavy atom. The molecule has 0 atom stereocenters. The van der Waals surface area contributed by atoms with E-state index in [1.54, 1.807) is 18.3 Å². The van der Waals surface area contributed by atoms with Crippen LogP contribution >= 0.6 is 0 Å². The SMILES string of the molecule is CCCNCc1cn[nH]c1-c1ccc(OC(F)F)cc1. The number of rotatable bonds is 7. The Kier molecular flexibility index (Phi) is 5.06. The lowest BCUT2D eigenvalue weighted by atomic mass is 10.1. The molecule has 1 aromatic heterocycles. The summed E-state index contributed by atoms with van der Waals surface area (Å²) in [5, 5.41) is 10.3. The van der Waals surface area contributed by atoms with Crippen LogP contribution in [-0.2, 0) is 6.54 Å². The normalized spacial score (nSPS) is 11.0. The number of nitrogens with zero attached hydrogens (tertiary/aromatic N) is 1. The first-order valence-electron chi connectivity index (χ1n) is 6.49. The summed E-state index contributed by atoms with van der Waals surface area (Å²) in [6, 6.07) is 6.50. The van der Waals surface area contributed by atoms with Crippen molar-refractivity contribution < 1.29 is 13.5 Å². The predicted octanol–water partition coefficient (Wildman–Crippen LogP) is 3.18. The van der Waals surface area contributed by atoms with Gasteiger partial charge < -0.3 is 10.1 Å². The highest BCUT2D eigenvalue weighted by molar-refractivity contribution is 5.63. The maximum Gasteiger partial charge on any atom is 0.387 e. The van der Waals surface area contributed by atoms with E-state index in [4.69, 9.17) is 0 Å². The highest BCUT2D eigenvalue weighted by atomic mass is 19.3. The molecular weight excluding hydrogens is 264 g/mol. The van der Waals surface area contributed by atoms with Crippen LogP contribution in [0, 0.1) is 0 Å². The molecule has 0 spiro atoms. The maximum atomic E-state index is 12.1. The Bertz CT molecular complexity index is 525. The van der Waals surface area contributed by atoms with E-state index in [-0.39, 0.29) is 5.75 Å². The van der Waals surface area contributed by atoms with Crippen molar-refractivity contribution in [1.29, 1.82) is 0 Å². The van der Waals surface area contributed by atoms with Gasteiger partial charge in [-0.05, 0) is 37.2 Å². The van der Waals surface area contributed by atoms with Gasteiger partial charge in [-0.15, -0.1) is 0 Å². The fourth-order valence-electron chi connectivity index (χ4n) is 1.90. The van der Waals surface area contributed by atoms with Gasteiger partial charge in [0.15, 0.2) is 0 Å². The van der Waals surface area contributed by atoms with E-state index >= 15 is 0 Å². The molecule has 2 N–H and O–H groups in total. The molecule has 108 valence electrons. The van der Waals surface area contributed by atoms with Crippen molar-refractivity contribution in [2.75, 3.05) is 6.54 Å². The number of halogens is 2. The van der Waals surface area contributed by atoms with Crippen LogP contribution in [0.4, 0.5) is 8.78 Å².